The van der Waals surface area contributed by atoms with Crippen LogP contribution in [0.2, 0.25) is 0 Å². The van der Waals surface area contributed by atoms with E-state index in [0.29, 0.717) is 5.56 Å². The van der Waals surface area contributed by atoms with Crippen LogP contribution in [-0.4, -0.2) is 30.0 Å². The van der Waals surface area contributed by atoms with Crippen LogP contribution in [0.4, 0.5) is 0 Å². The molecule has 5 nitrogen and oxygen atoms in total. The lowest BCUT2D eigenvalue weighted by atomic mass is 10.2. The molecule has 0 radical (unpaired) electrons. The van der Waals surface area contributed by atoms with E-state index in [1.54, 1.807) is 24.3 Å². The van der Waals surface area contributed by atoms with Crippen LogP contribution in [0.25, 0.3) is 0 Å². The van der Waals surface area contributed by atoms with Crippen molar-refractivity contribution < 1.29 is 13.2 Å². The predicted molar refractivity (Wildman–Crippen MR) is 91.7 cm³/mol. The number of sulfone groups is 1. The van der Waals surface area contributed by atoms with Gasteiger partial charge in [-0.2, -0.15) is 0 Å². The lowest BCUT2D eigenvalue weighted by molar-refractivity contribution is 0.0749. The van der Waals surface area contributed by atoms with Gasteiger partial charge < -0.3 is 0 Å². The van der Waals surface area contributed by atoms with Crippen molar-refractivity contribution in [1.29, 1.82) is 0 Å². The van der Waals surface area contributed by atoms with E-state index in [1.165, 1.54) is 5.01 Å². The molecule has 1 heterocycles. The Kier molecular flexibility index (Phi) is 4.23. The zero-order valence-corrected chi connectivity index (χ0v) is 13.9. The SMILES string of the molecule is CS(=O)(=O)C1=NN(C(=O)c2ccccc2)C(c2ccccc2)S1. The number of hydrogen-bond acceptors (Lipinski definition) is 5. The summed E-state index contributed by atoms with van der Waals surface area (Å²) in [5.41, 5.74) is 1.29. The molecular weight excluding hydrogens is 332 g/mol. The minimum atomic E-state index is -3.47. The highest BCUT2D eigenvalue weighted by atomic mass is 32.3. The number of benzene rings is 2. The number of carbonyl (C=O) groups is 1. The van der Waals surface area contributed by atoms with Crippen molar-refractivity contribution in [2.45, 2.75) is 5.37 Å². The Labute approximate surface area is 138 Å². The van der Waals surface area contributed by atoms with E-state index in [2.05, 4.69) is 5.10 Å². The first-order valence-electron chi connectivity index (χ1n) is 6.86. The van der Waals surface area contributed by atoms with Crippen LogP contribution in [-0.2, 0) is 9.84 Å². The third-order valence-electron chi connectivity index (χ3n) is 3.25. The van der Waals surface area contributed by atoms with E-state index in [0.717, 1.165) is 23.6 Å². The van der Waals surface area contributed by atoms with Gasteiger partial charge in [0.15, 0.2) is 0 Å². The number of amides is 1. The van der Waals surface area contributed by atoms with Gasteiger partial charge >= 0.3 is 0 Å². The quantitative estimate of drug-likeness (QED) is 0.838. The number of nitrogens with zero attached hydrogens (tertiary/aromatic N) is 2. The molecule has 0 bridgehead atoms. The largest absolute Gasteiger partial charge is 0.275 e. The van der Waals surface area contributed by atoms with Crippen molar-refractivity contribution in [2.75, 3.05) is 6.26 Å². The van der Waals surface area contributed by atoms with Crippen molar-refractivity contribution in [3.63, 3.8) is 0 Å². The molecule has 0 saturated heterocycles. The molecule has 2 aromatic carbocycles. The lowest BCUT2D eigenvalue weighted by Gasteiger charge is -2.20. The monoisotopic (exact) mass is 346 g/mol. The van der Waals surface area contributed by atoms with E-state index in [4.69, 9.17) is 0 Å². The fraction of sp³-hybridized carbons (Fsp3) is 0.125. The van der Waals surface area contributed by atoms with Crippen LogP contribution in [0.1, 0.15) is 21.3 Å². The van der Waals surface area contributed by atoms with Gasteiger partial charge in [-0.1, -0.05) is 60.3 Å². The van der Waals surface area contributed by atoms with E-state index in [1.807, 2.05) is 36.4 Å². The second kappa shape index (κ2) is 6.17. The van der Waals surface area contributed by atoms with Gasteiger partial charge in [-0.3, -0.25) is 4.79 Å². The molecule has 0 spiro atoms. The second-order valence-electron chi connectivity index (χ2n) is 5.03. The fourth-order valence-corrected chi connectivity index (χ4v) is 4.23. The smallest absolute Gasteiger partial charge is 0.267 e. The molecule has 0 aromatic heterocycles. The maximum Gasteiger partial charge on any atom is 0.275 e. The van der Waals surface area contributed by atoms with E-state index >= 15 is 0 Å². The van der Waals surface area contributed by atoms with Gasteiger partial charge in [0.25, 0.3) is 5.91 Å². The van der Waals surface area contributed by atoms with Crippen molar-refractivity contribution in [3.8, 4) is 0 Å². The summed E-state index contributed by atoms with van der Waals surface area (Å²) in [7, 11) is -3.47. The average molecular weight is 346 g/mol. The Morgan fingerprint density at radius 2 is 1.61 bits per heavy atom. The fourth-order valence-electron chi connectivity index (χ4n) is 2.16. The summed E-state index contributed by atoms with van der Waals surface area (Å²) in [6.07, 6.45) is 1.09. The summed E-state index contributed by atoms with van der Waals surface area (Å²) in [6, 6.07) is 18.0. The maximum atomic E-state index is 12.7. The van der Waals surface area contributed by atoms with Crippen LogP contribution in [0.5, 0.6) is 0 Å². The maximum absolute atomic E-state index is 12.7. The summed E-state index contributed by atoms with van der Waals surface area (Å²) >= 11 is 1.07. The third-order valence-corrected chi connectivity index (χ3v) is 6.15. The van der Waals surface area contributed by atoms with Crippen molar-refractivity contribution in [2.24, 2.45) is 5.10 Å². The number of hydrazone groups is 1. The minimum absolute atomic E-state index is 0.0457. The first-order valence-corrected chi connectivity index (χ1v) is 9.63. The molecule has 1 aliphatic rings. The predicted octanol–water partition coefficient (Wildman–Crippen LogP) is 2.89. The molecule has 2 aromatic rings. The average Bonchev–Trinajstić information content (AvgIpc) is 3.01. The molecule has 0 N–H and O–H groups in total. The van der Waals surface area contributed by atoms with Gasteiger partial charge in [0.1, 0.15) is 5.37 Å². The van der Waals surface area contributed by atoms with E-state index < -0.39 is 15.2 Å². The van der Waals surface area contributed by atoms with Gasteiger partial charge in [-0.25, -0.2) is 13.4 Å². The number of rotatable bonds is 2. The summed E-state index contributed by atoms with van der Waals surface area (Å²) < 4.78 is 23.6. The molecule has 118 valence electrons. The summed E-state index contributed by atoms with van der Waals surface area (Å²) in [5.74, 6) is -0.328. The molecule has 0 fully saturated rings. The number of thioether (sulfide) groups is 1. The van der Waals surface area contributed by atoms with Crippen molar-refractivity contribution >= 4 is 31.9 Å². The molecule has 3 rings (SSSR count). The topological polar surface area (TPSA) is 66.8 Å². The first kappa shape index (κ1) is 15.8. The lowest BCUT2D eigenvalue weighted by Crippen LogP contribution is -2.26. The van der Waals surface area contributed by atoms with Gasteiger partial charge in [0, 0.05) is 11.8 Å². The van der Waals surface area contributed by atoms with Crippen LogP contribution >= 0.6 is 11.8 Å². The second-order valence-corrected chi connectivity index (χ2v) is 8.29. The van der Waals surface area contributed by atoms with E-state index in [9.17, 15) is 13.2 Å². The normalized spacial score (nSPS) is 17.9. The molecule has 1 atom stereocenters. The molecule has 1 amide bonds. The Balaban J connectivity index is 2.02. The number of carbonyl (C=O) groups excluding carboxylic acids is 1. The Morgan fingerprint density at radius 3 is 2.17 bits per heavy atom. The zero-order valence-electron chi connectivity index (χ0n) is 12.3. The molecule has 1 unspecified atom stereocenters. The van der Waals surface area contributed by atoms with Gasteiger partial charge in [-0.15, -0.1) is 5.10 Å². The van der Waals surface area contributed by atoms with Gasteiger partial charge in [0.2, 0.25) is 14.2 Å². The van der Waals surface area contributed by atoms with Crippen molar-refractivity contribution in [1.82, 2.24) is 5.01 Å². The highest BCUT2D eigenvalue weighted by molar-refractivity contribution is 8.35. The Bertz CT molecular complexity index is 849. The summed E-state index contributed by atoms with van der Waals surface area (Å²) in [5, 5.41) is 4.82. The molecule has 0 saturated carbocycles. The van der Waals surface area contributed by atoms with Crippen LogP contribution < -0.4 is 0 Å². The molecule has 0 aliphatic carbocycles. The molecule has 1 aliphatic heterocycles. The first-order chi connectivity index (χ1) is 11.0. The van der Waals surface area contributed by atoms with Crippen molar-refractivity contribution in [3.05, 3.63) is 71.8 Å². The molecular formula is C16H14N2O3S2. The third kappa shape index (κ3) is 3.30. The minimum Gasteiger partial charge on any atom is -0.267 e. The summed E-state index contributed by atoms with van der Waals surface area (Å²) in [4.78, 5) is 12.7. The Hall–Kier alpha value is -2.12. The van der Waals surface area contributed by atoms with Gasteiger partial charge in [-0.05, 0) is 17.7 Å². The zero-order chi connectivity index (χ0) is 16.4. The van der Waals surface area contributed by atoms with E-state index in [-0.39, 0.29) is 10.3 Å². The van der Waals surface area contributed by atoms with Gasteiger partial charge in [0.05, 0.1) is 0 Å². The highest BCUT2D eigenvalue weighted by Gasteiger charge is 2.37. The molecule has 23 heavy (non-hydrogen) atoms. The standard InChI is InChI=1S/C16H14N2O3S2/c1-23(20,21)16-17-18(14(19)12-8-4-2-5-9-12)15(22-16)13-10-6-3-7-11-13/h2-11,15H,1H3. The van der Waals surface area contributed by atoms with Crippen LogP contribution in [0, 0.1) is 0 Å². The summed E-state index contributed by atoms with van der Waals surface area (Å²) in [6.45, 7) is 0. The molecule has 7 heteroatoms. The van der Waals surface area contributed by atoms with Crippen LogP contribution in [0.15, 0.2) is 65.8 Å². The number of hydrogen-bond donors (Lipinski definition) is 0. The van der Waals surface area contributed by atoms with Crippen LogP contribution in [0.3, 0.4) is 0 Å². The highest BCUT2D eigenvalue weighted by Crippen LogP contribution is 2.41. The Morgan fingerprint density at radius 1 is 1.04 bits per heavy atom.